The van der Waals surface area contributed by atoms with Gasteiger partial charge in [0.25, 0.3) is 0 Å². The fraction of sp³-hybridized carbons (Fsp3) is 1.00. The molecular formula is C5H13NOS. The van der Waals surface area contributed by atoms with Crippen LogP contribution in [-0.2, 0) is 4.74 Å². The van der Waals surface area contributed by atoms with E-state index in [1.54, 1.807) is 0 Å². The van der Waals surface area contributed by atoms with E-state index in [1.807, 2.05) is 0 Å². The summed E-state index contributed by atoms with van der Waals surface area (Å²) in [5.74, 6) is 0. The quantitative estimate of drug-likeness (QED) is 0.509. The van der Waals surface area contributed by atoms with E-state index in [2.05, 4.69) is 12.2 Å². The SMILES string of the molecule is C[C@H]1COCCN1.S. The molecule has 2 nitrogen and oxygen atoms in total. The highest BCUT2D eigenvalue weighted by molar-refractivity contribution is 7.59. The van der Waals surface area contributed by atoms with E-state index < -0.39 is 0 Å². The van der Waals surface area contributed by atoms with Crippen LogP contribution in [0.4, 0.5) is 0 Å². The van der Waals surface area contributed by atoms with Crippen LogP contribution in [0.3, 0.4) is 0 Å². The van der Waals surface area contributed by atoms with E-state index in [9.17, 15) is 0 Å². The Balaban J connectivity index is 0.000000490. The predicted octanol–water partition coefficient (Wildman–Crippen LogP) is 0.108. The molecule has 1 N–H and O–H groups in total. The monoisotopic (exact) mass is 135 g/mol. The molecule has 1 fully saturated rings. The number of hydrogen-bond acceptors (Lipinski definition) is 2. The number of rotatable bonds is 0. The van der Waals surface area contributed by atoms with Crippen LogP contribution in [0.5, 0.6) is 0 Å². The van der Waals surface area contributed by atoms with Crippen molar-refractivity contribution in [2.45, 2.75) is 13.0 Å². The van der Waals surface area contributed by atoms with Crippen molar-refractivity contribution in [3.63, 3.8) is 0 Å². The van der Waals surface area contributed by atoms with E-state index in [0.717, 1.165) is 19.8 Å². The molecule has 0 amide bonds. The lowest BCUT2D eigenvalue weighted by molar-refractivity contribution is 0.0824. The summed E-state index contributed by atoms with van der Waals surface area (Å²) >= 11 is 0. The highest BCUT2D eigenvalue weighted by atomic mass is 32.1. The number of nitrogens with one attached hydrogen (secondary N) is 1. The molecule has 1 saturated heterocycles. The molecule has 1 aliphatic heterocycles. The zero-order valence-corrected chi connectivity index (χ0v) is 6.11. The summed E-state index contributed by atoms with van der Waals surface area (Å²) in [7, 11) is 0. The van der Waals surface area contributed by atoms with Crippen LogP contribution in [0, 0.1) is 0 Å². The molecule has 1 atom stereocenters. The molecule has 8 heavy (non-hydrogen) atoms. The maximum absolute atomic E-state index is 5.12. The van der Waals surface area contributed by atoms with Gasteiger partial charge in [-0.2, -0.15) is 13.5 Å². The van der Waals surface area contributed by atoms with Crippen LogP contribution in [0.1, 0.15) is 6.92 Å². The first kappa shape index (κ1) is 8.27. The Kier molecular flexibility index (Phi) is 4.32. The Hall–Kier alpha value is 0.270. The lowest BCUT2D eigenvalue weighted by Crippen LogP contribution is -2.38. The van der Waals surface area contributed by atoms with Crippen molar-refractivity contribution in [3.8, 4) is 0 Å². The highest BCUT2D eigenvalue weighted by Gasteiger charge is 2.04. The molecule has 0 aromatic heterocycles. The summed E-state index contributed by atoms with van der Waals surface area (Å²) in [5.41, 5.74) is 0. The van der Waals surface area contributed by atoms with Crippen molar-refractivity contribution in [2.24, 2.45) is 0 Å². The number of morpholine rings is 1. The first-order chi connectivity index (χ1) is 3.39. The Morgan fingerprint density at radius 1 is 1.62 bits per heavy atom. The van der Waals surface area contributed by atoms with Gasteiger partial charge in [-0.3, -0.25) is 0 Å². The molecule has 0 spiro atoms. The average molecular weight is 135 g/mol. The molecule has 0 aromatic carbocycles. The van der Waals surface area contributed by atoms with Gasteiger partial charge in [-0.05, 0) is 6.92 Å². The van der Waals surface area contributed by atoms with E-state index >= 15 is 0 Å². The molecular weight excluding hydrogens is 122 g/mol. The summed E-state index contributed by atoms with van der Waals surface area (Å²) in [6.45, 7) is 4.89. The van der Waals surface area contributed by atoms with Crippen molar-refractivity contribution in [3.05, 3.63) is 0 Å². The molecule has 0 radical (unpaired) electrons. The molecule has 3 heteroatoms. The molecule has 1 aliphatic rings. The Morgan fingerprint density at radius 3 is 2.62 bits per heavy atom. The summed E-state index contributed by atoms with van der Waals surface area (Å²) in [6.07, 6.45) is 0. The van der Waals surface area contributed by atoms with Crippen molar-refractivity contribution in [1.29, 1.82) is 0 Å². The molecule has 0 bridgehead atoms. The van der Waals surface area contributed by atoms with E-state index in [-0.39, 0.29) is 13.5 Å². The molecule has 0 aromatic rings. The van der Waals surface area contributed by atoms with Crippen LogP contribution < -0.4 is 5.32 Å². The molecule has 1 rings (SSSR count). The van der Waals surface area contributed by atoms with Crippen LogP contribution in [0.2, 0.25) is 0 Å². The van der Waals surface area contributed by atoms with Crippen LogP contribution in [0.15, 0.2) is 0 Å². The van der Waals surface area contributed by atoms with Crippen LogP contribution in [0.25, 0.3) is 0 Å². The maximum atomic E-state index is 5.12. The van der Waals surface area contributed by atoms with Gasteiger partial charge in [0.05, 0.1) is 13.2 Å². The predicted molar refractivity (Wildman–Crippen MR) is 38.7 cm³/mol. The Bertz CT molecular complexity index is 54.4. The fourth-order valence-electron chi connectivity index (χ4n) is 0.697. The maximum Gasteiger partial charge on any atom is 0.0617 e. The second-order valence-electron chi connectivity index (χ2n) is 1.93. The topological polar surface area (TPSA) is 21.3 Å². The minimum atomic E-state index is 0. The number of ether oxygens (including phenoxy) is 1. The third-order valence-corrected chi connectivity index (χ3v) is 1.11. The van der Waals surface area contributed by atoms with Gasteiger partial charge >= 0.3 is 0 Å². The smallest absolute Gasteiger partial charge is 0.0617 e. The van der Waals surface area contributed by atoms with E-state index in [0.29, 0.717) is 6.04 Å². The second kappa shape index (κ2) is 4.18. The van der Waals surface area contributed by atoms with Crippen molar-refractivity contribution in [2.75, 3.05) is 19.8 Å². The summed E-state index contributed by atoms with van der Waals surface area (Å²) in [6, 6.07) is 0.564. The summed E-state index contributed by atoms with van der Waals surface area (Å²) in [4.78, 5) is 0. The molecule has 50 valence electrons. The van der Waals surface area contributed by atoms with Gasteiger partial charge in [-0.25, -0.2) is 0 Å². The van der Waals surface area contributed by atoms with Gasteiger partial charge in [0.1, 0.15) is 0 Å². The molecule has 1 heterocycles. The molecule has 0 saturated carbocycles. The standard InChI is InChI=1S/C5H11NO.H2S/c1-5-4-7-3-2-6-5;/h5-6H,2-4H2,1H3;1H2/t5-;/m0./s1. The van der Waals surface area contributed by atoms with Gasteiger partial charge in [0, 0.05) is 12.6 Å². The third-order valence-electron chi connectivity index (χ3n) is 1.11. The van der Waals surface area contributed by atoms with E-state index in [1.165, 1.54) is 0 Å². The molecule has 0 unspecified atom stereocenters. The lowest BCUT2D eigenvalue weighted by atomic mass is 10.3. The highest BCUT2D eigenvalue weighted by Crippen LogP contribution is 1.88. The minimum Gasteiger partial charge on any atom is -0.379 e. The minimum absolute atomic E-state index is 0. The van der Waals surface area contributed by atoms with Gasteiger partial charge < -0.3 is 10.1 Å². The van der Waals surface area contributed by atoms with Crippen LogP contribution >= 0.6 is 13.5 Å². The molecule has 0 aliphatic carbocycles. The zero-order chi connectivity index (χ0) is 5.11. The lowest BCUT2D eigenvalue weighted by Gasteiger charge is -2.19. The Labute approximate surface area is 57.0 Å². The normalized spacial score (nSPS) is 28.9. The fourth-order valence-corrected chi connectivity index (χ4v) is 0.697. The zero-order valence-electron chi connectivity index (χ0n) is 5.11. The second-order valence-corrected chi connectivity index (χ2v) is 1.93. The summed E-state index contributed by atoms with van der Waals surface area (Å²) in [5, 5.41) is 3.26. The van der Waals surface area contributed by atoms with Gasteiger partial charge in [0.2, 0.25) is 0 Å². The van der Waals surface area contributed by atoms with Crippen LogP contribution in [-0.4, -0.2) is 25.8 Å². The third kappa shape index (κ3) is 2.55. The van der Waals surface area contributed by atoms with Crippen molar-refractivity contribution < 1.29 is 4.74 Å². The number of hydrogen-bond donors (Lipinski definition) is 1. The largest absolute Gasteiger partial charge is 0.379 e. The first-order valence-electron chi connectivity index (χ1n) is 2.71. The Morgan fingerprint density at radius 2 is 2.38 bits per heavy atom. The first-order valence-corrected chi connectivity index (χ1v) is 2.71. The summed E-state index contributed by atoms with van der Waals surface area (Å²) < 4.78 is 5.12. The van der Waals surface area contributed by atoms with Gasteiger partial charge in [0.15, 0.2) is 0 Å². The average Bonchev–Trinajstić information content (AvgIpc) is 1.69. The van der Waals surface area contributed by atoms with Crippen molar-refractivity contribution in [1.82, 2.24) is 5.32 Å². The van der Waals surface area contributed by atoms with E-state index in [4.69, 9.17) is 4.74 Å². The van der Waals surface area contributed by atoms with Gasteiger partial charge in [-0.15, -0.1) is 0 Å². The van der Waals surface area contributed by atoms with Crippen molar-refractivity contribution >= 4 is 13.5 Å². The van der Waals surface area contributed by atoms with Gasteiger partial charge in [-0.1, -0.05) is 0 Å².